The van der Waals surface area contributed by atoms with Crippen LogP contribution in [0.2, 0.25) is 0 Å². The van der Waals surface area contributed by atoms with Gasteiger partial charge in [0.1, 0.15) is 0 Å². The molecule has 1 N–H and O–H groups in total. The average molecular weight is 367 g/mol. The first kappa shape index (κ1) is 18.1. The maximum Gasteiger partial charge on any atom is 0.409 e. The topological polar surface area (TPSA) is 75.5 Å². The van der Waals surface area contributed by atoms with Crippen LogP contribution in [0.25, 0.3) is 10.8 Å². The van der Waals surface area contributed by atoms with E-state index in [2.05, 4.69) is 5.43 Å². The normalized spacial score (nSPS) is 18.7. The number of nitro benzene ring substituents is 1. The smallest absolute Gasteiger partial charge is 0.287 e. The summed E-state index contributed by atoms with van der Waals surface area (Å²) >= 11 is 0. The Kier molecular flexibility index (Phi) is 4.14. The van der Waals surface area contributed by atoms with Gasteiger partial charge >= 0.3 is 6.18 Å². The lowest BCUT2D eigenvalue weighted by molar-refractivity contribution is -0.384. The van der Waals surface area contributed by atoms with Crippen LogP contribution in [0.5, 0.6) is 0 Å². The zero-order chi connectivity index (χ0) is 19.3. The summed E-state index contributed by atoms with van der Waals surface area (Å²) in [5.74, 6) is -0.472. The van der Waals surface area contributed by atoms with Crippen LogP contribution in [0, 0.1) is 10.1 Å². The Hall–Kier alpha value is -2.68. The van der Waals surface area contributed by atoms with E-state index < -0.39 is 28.6 Å². The number of carbonyl (C=O) groups excluding carboxylic acids is 1. The van der Waals surface area contributed by atoms with Crippen LogP contribution in [-0.4, -0.2) is 27.6 Å². The number of non-ortho nitro benzene ring substituents is 1. The molecule has 1 atom stereocenters. The molecular formula is C17H16F3N3O3. The third-order valence-corrected chi connectivity index (χ3v) is 4.43. The first-order chi connectivity index (χ1) is 12.0. The van der Waals surface area contributed by atoms with Gasteiger partial charge in [-0.15, -0.1) is 0 Å². The second-order valence-electron chi connectivity index (χ2n) is 6.89. The largest absolute Gasteiger partial charge is 0.409 e. The maximum absolute atomic E-state index is 13.8. The third-order valence-electron chi connectivity index (χ3n) is 4.43. The zero-order valence-electron chi connectivity index (χ0n) is 14.0. The number of fused-ring (bicyclic) bond motifs is 1. The molecule has 1 unspecified atom stereocenters. The van der Waals surface area contributed by atoms with E-state index in [1.54, 1.807) is 13.8 Å². The van der Waals surface area contributed by atoms with E-state index in [4.69, 9.17) is 0 Å². The van der Waals surface area contributed by atoms with Gasteiger partial charge in [-0.2, -0.15) is 18.2 Å². The van der Waals surface area contributed by atoms with Crippen molar-refractivity contribution >= 4 is 22.4 Å². The molecule has 2 aromatic carbocycles. The molecule has 1 saturated heterocycles. The van der Waals surface area contributed by atoms with Gasteiger partial charge in [0.15, 0.2) is 6.04 Å². The van der Waals surface area contributed by atoms with Gasteiger partial charge in [0.05, 0.1) is 4.92 Å². The minimum absolute atomic E-state index is 0.0423. The van der Waals surface area contributed by atoms with E-state index in [-0.39, 0.29) is 17.7 Å². The summed E-state index contributed by atoms with van der Waals surface area (Å²) < 4.78 is 41.4. The number of benzene rings is 2. The fraction of sp³-hybridized carbons (Fsp3) is 0.353. The Bertz CT molecular complexity index is 896. The molecule has 1 amide bonds. The molecule has 0 saturated carbocycles. The van der Waals surface area contributed by atoms with E-state index >= 15 is 0 Å². The summed E-state index contributed by atoms with van der Waals surface area (Å²) in [6, 6.07) is 5.99. The quantitative estimate of drug-likeness (QED) is 0.660. The molecule has 0 bridgehead atoms. The second kappa shape index (κ2) is 5.94. The van der Waals surface area contributed by atoms with Crippen molar-refractivity contribution in [3.8, 4) is 0 Å². The Labute approximate surface area is 146 Å². The van der Waals surface area contributed by atoms with Crippen LogP contribution in [0.1, 0.15) is 31.9 Å². The van der Waals surface area contributed by atoms with Gasteiger partial charge in [-0.3, -0.25) is 20.3 Å². The summed E-state index contributed by atoms with van der Waals surface area (Å²) in [5.41, 5.74) is 1.11. The second-order valence-corrected chi connectivity index (χ2v) is 6.89. The average Bonchev–Trinajstić information content (AvgIpc) is 2.77. The fourth-order valence-electron chi connectivity index (χ4n) is 3.24. The van der Waals surface area contributed by atoms with E-state index in [1.165, 1.54) is 36.4 Å². The highest BCUT2D eigenvalue weighted by atomic mass is 19.4. The summed E-state index contributed by atoms with van der Waals surface area (Å²) in [6.07, 6.45) is -4.66. The number of hydrazine groups is 1. The van der Waals surface area contributed by atoms with Crippen molar-refractivity contribution < 1.29 is 22.9 Å². The number of hydrogen-bond donors (Lipinski definition) is 1. The van der Waals surface area contributed by atoms with Crippen molar-refractivity contribution in [2.24, 2.45) is 0 Å². The van der Waals surface area contributed by atoms with Crippen LogP contribution < -0.4 is 5.43 Å². The van der Waals surface area contributed by atoms with Crippen molar-refractivity contribution in [1.29, 1.82) is 0 Å². The molecule has 138 valence electrons. The van der Waals surface area contributed by atoms with Gasteiger partial charge in [-0.05, 0) is 42.3 Å². The molecule has 1 aliphatic rings. The van der Waals surface area contributed by atoms with Crippen molar-refractivity contribution in [3.05, 3.63) is 52.1 Å². The van der Waals surface area contributed by atoms with E-state index in [1.807, 2.05) is 0 Å². The summed E-state index contributed by atoms with van der Waals surface area (Å²) in [5, 5.41) is 12.7. The molecule has 0 radical (unpaired) electrons. The molecule has 0 aliphatic carbocycles. The Morgan fingerprint density at radius 3 is 2.35 bits per heavy atom. The number of hydrogen-bond acceptors (Lipinski definition) is 4. The predicted octanol–water partition coefficient (Wildman–Crippen LogP) is 3.87. The van der Waals surface area contributed by atoms with Crippen molar-refractivity contribution in [3.63, 3.8) is 0 Å². The van der Waals surface area contributed by atoms with Crippen LogP contribution in [-0.2, 0) is 4.79 Å². The summed E-state index contributed by atoms with van der Waals surface area (Å²) in [6.45, 7) is 3.13. The number of carbonyl (C=O) groups is 1. The third kappa shape index (κ3) is 3.22. The van der Waals surface area contributed by atoms with Crippen molar-refractivity contribution in [2.45, 2.75) is 38.0 Å². The van der Waals surface area contributed by atoms with Gasteiger partial charge in [0, 0.05) is 24.1 Å². The minimum atomic E-state index is -4.62. The van der Waals surface area contributed by atoms with Gasteiger partial charge in [-0.25, -0.2) is 0 Å². The Morgan fingerprint density at radius 1 is 1.19 bits per heavy atom. The number of halogens is 3. The highest BCUT2D eigenvalue weighted by Gasteiger charge is 2.52. The zero-order valence-corrected chi connectivity index (χ0v) is 14.0. The monoisotopic (exact) mass is 367 g/mol. The molecule has 2 aromatic rings. The number of nitro groups is 1. The molecular weight excluding hydrogens is 351 g/mol. The molecule has 1 aliphatic heterocycles. The standard InChI is InChI=1S/C17H16F3N3O3/c1-16(2)9-14(24)21-22(16)15(17(18,19)20)12-4-3-11-8-13(23(25)26)6-5-10(11)7-12/h3-8,15H,9H2,1-2H3,(H,21,24). The van der Waals surface area contributed by atoms with E-state index in [9.17, 15) is 28.1 Å². The van der Waals surface area contributed by atoms with Crippen molar-refractivity contribution in [2.75, 3.05) is 0 Å². The Morgan fingerprint density at radius 2 is 1.81 bits per heavy atom. The Balaban J connectivity index is 2.09. The number of alkyl halides is 3. The van der Waals surface area contributed by atoms with Crippen LogP contribution >= 0.6 is 0 Å². The number of nitrogens with one attached hydrogen (secondary N) is 1. The lowest BCUT2D eigenvalue weighted by atomic mass is 9.95. The fourth-order valence-corrected chi connectivity index (χ4v) is 3.24. The molecule has 0 spiro atoms. The molecule has 26 heavy (non-hydrogen) atoms. The molecule has 9 heteroatoms. The van der Waals surface area contributed by atoms with E-state index in [0.29, 0.717) is 10.8 Å². The molecule has 1 heterocycles. The SMILES string of the molecule is CC1(C)CC(=O)NN1C(c1ccc2cc([N+](=O)[O-])ccc2c1)C(F)(F)F. The molecule has 3 rings (SSSR count). The van der Waals surface area contributed by atoms with Gasteiger partial charge < -0.3 is 0 Å². The number of nitrogens with zero attached hydrogens (tertiary/aromatic N) is 2. The van der Waals surface area contributed by atoms with Crippen LogP contribution in [0.3, 0.4) is 0 Å². The summed E-state index contributed by atoms with van der Waals surface area (Å²) in [7, 11) is 0. The minimum Gasteiger partial charge on any atom is -0.287 e. The first-order valence-corrected chi connectivity index (χ1v) is 7.83. The molecule has 1 fully saturated rings. The van der Waals surface area contributed by atoms with Gasteiger partial charge in [0.25, 0.3) is 5.69 Å². The lowest BCUT2D eigenvalue weighted by Crippen LogP contribution is -2.51. The lowest BCUT2D eigenvalue weighted by Gasteiger charge is -2.38. The number of rotatable bonds is 3. The summed E-state index contributed by atoms with van der Waals surface area (Å²) in [4.78, 5) is 21.9. The van der Waals surface area contributed by atoms with E-state index in [0.717, 1.165) is 5.01 Å². The van der Waals surface area contributed by atoms with Gasteiger partial charge in [0.2, 0.25) is 5.91 Å². The van der Waals surface area contributed by atoms with Crippen LogP contribution in [0.4, 0.5) is 18.9 Å². The highest BCUT2D eigenvalue weighted by Crippen LogP contribution is 2.43. The highest BCUT2D eigenvalue weighted by molar-refractivity contribution is 5.85. The van der Waals surface area contributed by atoms with Gasteiger partial charge in [-0.1, -0.05) is 12.1 Å². The molecule has 6 nitrogen and oxygen atoms in total. The first-order valence-electron chi connectivity index (χ1n) is 7.83. The predicted molar refractivity (Wildman–Crippen MR) is 88.1 cm³/mol. The molecule has 0 aromatic heterocycles. The van der Waals surface area contributed by atoms with Crippen LogP contribution in [0.15, 0.2) is 36.4 Å². The maximum atomic E-state index is 13.8. The number of amides is 1. The van der Waals surface area contributed by atoms with Crippen molar-refractivity contribution in [1.82, 2.24) is 10.4 Å².